The van der Waals surface area contributed by atoms with E-state index in [2.05, 4.69) is 10.5 Å². The molecule has 1 atom stereocenters. The molecule has 0 aliphatic carbocycles. The second-order valence-electron chi connectivity index (χ2n) is 4.59. The fourth-order valence-electron chi connectivity index (χ4n) is 2.36. The fourth-order valence-corrected chi connectivity index (χ4v) is 3.65. The summed E-state index contributed by atoms with van der Waals surface area (Å²) < 4.78 is 28.6. The first-order chi connectivity index (χ1) is 9.53. The third-order valence-electron chi connectivity index (χ3n) is 3.27. The Morgan fingerprint density at radius 2 is 2.10 bits per heavy atom. The molecule has 20 heavy (non-hydrogen) atoms. The smallest absolute Gasteiger partial charge is 0.244 e. The number of fused-ring (bicyclic) bond motifs is 1. The zero-order chi connectivity index (χ0) is 14.3. The average Bonchev–Trinajstić information content (AvgIpc) is 2.71. The van der Waals surface area contributed by atoms with Crippen LogP contribution in [0.2, 0.25) is 0 Å². The van der Waals surface area contributed by atoms with Crippen molar-refractivity contribution in [2.75, 3.05) is 4.31 Å². The Morgan fingerprint density at radius 1 is 1.30 bits per heavy atom. The van der Waals surface area contributed by atoms with Gasteiger partial charge in [-0.25, -0.2) is 4.31 Å². The van der Waals surface area contributed by atoms with Crippen LogP contribution in [0.4, 0.5) is 5.69 Å². The van der Waals surface area contributed by atoms with Crippen LogP contribution in [0.15, 0.2) is 40.8 Å². The SMILES string of the molecule is C[C@H]1C=NS(=O)(=O)N1c1ccc2c(C#N)cccc2c1. The van der Waals surface area contributed by atoms with Crippen LogP contribution in [0.5, 0.6) is 0 Å². The van der Waals surface area contributed by atoms with Gasteiger partial charge in [0.25, 0.3) is 0 Å². The Balaban J connectivity index is 2.18. The molecule has 0 fully saturated rings. The number of benzene rings is 2. The summed E-state index contributed by atoms with van der Waals surface area (Å²) in [5, 5.41) is 10.7. The van der Waals surface area contributed by atoms with E-state index in [1.54, 1.807) is 37.3 Å². The molecule has 1 aliphatic heterocycles. The third-order valence-corrected chi connectivity index (χ3v) is 4.70. The molecule has 3 rings (SSSR count). The monoisotopic (exact) mass is 285 g/mol. The molecular formula is C14H11N3O2S. The number of nitrogens with zero attached hydrogens (tertiary/aromatic N) is 3. The molecule has 0 unspecified atom stereocenters. The van der Waals surface area contributed by atoms with Crippen molar-refractivity contribution < 1.29 is 8.42 Å². The van der Waals surface area contributed by atoms with Crippen LogP contribution < -0.4 is 4.31 Å². The molecule has 1 heterocycles. The van der Waals surface area contributed by atoms with Gasteiger partial charge in [0.2, 0.25) is 0 Å². The quantitative estimate of drug-likeness (QED) is 0.806. The molecule has 0 N–H and O–H groups in total. The van der Waals surface area contributed by atoms with Crippen molar-refractivity contribution in [3.63, 3.8) is 0 Å². The number of anilines is 1. The minimum atomic E-state index is -3.64. The van der Waals surface area contributed by atoms with Crippen LogP contribution in [0, 0.1) is 11.3 Å². The van der Waals surface area contributed by atoms with Crippen molar-refractivity contribution in [2.24, 2.45) is 4.40 Å². The highest BCUT2D eigenvalue weighted by Gasteiger charge is 2.31. The van der Waals surface area contributed by atoms with Crippen molar-refractivity contribution in [1.29, 1.82) is 5.26 Å². The first kappa shape index (κ1) is 12.6. The lowest BCUT2D eigenvalue weighted by Crippen LogP contribution is -2.32. The molecule has 0 spiro atoms. The third kappa shape index (κ3) is 1.84. The predicted octanol–water partition coefficient (Wildman–Crippen LogP) is 2.24. The molecule has 2 aromatic carbocycles. The average molecular weight is 285 g/mol. The van der Waals surface area contributed by atoms with Gasteiger partial charge >= 0.3 is 10.2 Å². The predicted molar refractivity (Wildman–Crippen MR) is 78.0 cm³/mol. The number of nitriles is 1. The van der Waals surface area contributed by atoms with Gasteiger partial charge < -0.3 is 0 Å². The number of hydrogen-bond acceptors (Lipinski definition) is 3. The first-order valence-corrected chi connectivity index (χ1v) is 7.45. The number of rotatable bonds is 1. The highest BCUT2D eigenvalue weighted by molar-refractivity contribution is 7.92. The highest BCUT2D eigenvalue weighted by atomic mass is 32.2. The molecule has 0 amide bonds. The van der Waals surface area contributed by atoms with Gasteiger partial charge in [0, 0.05) is 6.21 Å². The molecule has 1 aliphatic rings. The van der Waals surface area contributed by atoms with Crippen molar-refractivity contribution in [3.05, 3.63) is 42.0 Å². The molecule has 2 aromatic rings. The van der Waals surface area contributed by atoms with Crippen LogP contribution in [0.25, 0.3) is 10.8 Å². The summed E-state index contributed by atoms with van der Waals surface area (Å²) in [5.41, 5.74) is 1.13. The summed E-state index contributed by atoms with van der Waals surface area (Å²) in [4.78, 5) is 0. The van der Waals surface area contributed by atoms with Gasteiger partial charge in [-0.2, -0.15) is 18.1 Å². The highest BCUT2D eigenvalue weighted by Crippen LogP contribution is 2.29. The molecule has 0 saturated carbocycles. The maximum atomic E-state index is 11.9. The normalized spacial score (nSPS) is 20.2. The second-order valence-corrected chi connectivity index (χ2v) is 6.09. The second kappa shape index (κ2) is 4.32. The van der Waals surface area contributed by atoms with E-state index in [0.29, 0.717) is 11.3 Å². The van der Waals surface area contributed by atoms with E-state index in [1.807, 2.05) is 6.07 Å². The molecular weight excluding hydrogens is 274 g/mol. The topological polar surface area (TPSA) is 73.5 Å². The number of hydrogen-bond donors (Lipinski definition) is 0. The molecule has 5 nitrogen and oxygen atoms in total. The summed E-state index contributed by atoms with van der Waals surface area (Å²) >= 11 is 0. The van der Waals surface area contributed by atoms with E-state index in [0.717, 1.165) is 10.8 Å². The lowest BCUT2D eigenvalue weighted by Gasteiger charge is -2.21. The van der Waals surface area contributed by atoms with Crippen LogP contribution in [0.3, 0.4) is 0 Å². The van der Waals surface area contributed by atoms with Crippen LogP contribution >= 0.6 is 0 Å². The summed E-state index contributed by atoms with van der Waals surface area (Å²) in [5.74, 6) is 0. The lowest BCUT2D eigenvalue weighted by atomic mass is 10.0. The Hall–Kier alpha value is -2.39. The van der Waals surface area contributed by atoms with Gasteiger partial charge in [-0.15, -0.1) is 0 Å². The minimum Gasteiger partial charge on any atom is -0.244 e. The Bertz CT molecular complexity index is 866. The maximum absolute atomic E-state index is 11.9. The Morgan fingerprint density at radius 3 is 2.75 bits per heavy atom. The molecule has 0 saturated heterocycles. The van der Waals surface area contributed by atoms with Gasteiger partial charge in [0.15, 0.2) is 0 Å². The van der Waals surface area contributed by atoms with Gasteiger partial charge in [0.1, 0.15) is 0 Å². The summed E-state index contributed by atoms with van der Waals surface area (Å²) in [6, 6.07) is 12.4. The minimum absolute atomic E-state index is 0.309. The van der Waals surface area contributed by atoms with Gasteiger partial charge in [-0.05, 0) is 35.9 Å². The first-order valence-electron chi connectivity index (χ1n) is 6.05. The van der Waals surface area contributed by atoms with Crippen LogP contribution in [-0.2, 0) is 10.2 Å². The summed E-state index contributed by atoms with van der Waals surface area (Å²) in [6.45, 7) is 1.77. The van der Waals surface area contributed by atoms with E-state index in [-0.39, 0.29) is 6.04 Å². The van der Waals surface area contributed by atoms with Crippen molar-refractivity contribution in [2.45, 2.75) is 13.0 Å². The molecule has 100 valence electrons. The van der Waals surface area contributed by atoms with E-state index >= 15 is 0 Å². The Labute approximate surface area is 117 Å². The van der Waals surface area contributed by atoms with Crippen LogP contribution in [-0.4, -0.2) is 20.7 Å². The van der Waals surface area contributed by atoms with E-state index in [9.17, 15) is 8.42 Å². The van der Waals surface area contributed by atoms with E-state index < -0.39 is 10.2 Å². The standard InChI is InChI=1S/C14H11N3O2S/c1-10-9-16-20(18,19)17(10)13-5-6-14-11(7-13)3-2-4-12(14)8-15/h2-7,9-10H,1H3/t10-/m0/s1. The molecule has 0 radical (unpaired) electrons. The van der Waals surface area contributed by atoms with Crippen molar-refractivity contribution in [3.8, 4) is 6.07 Å². The molecule has 6 heteroatoms. The summed E-state index contributed by atoms with van der Waals surface area (Å²) in [6.07, 6.45) is 1.41. The van der Waals surface area contributed by atoms with E-state index in [1.165, 1.54) is 10.5 Å². The van der Waals surface area contributed by atoms with E-state index in [4.69, 9.17) is 5.26 Å². The lowest BCUT2D eigenvalue weighted by molar-refractivity contribution is 0.595. The largest absolute Gasteiger partial charge is 0.345 e. The zero-order valence-corrected chi connectivity index (χ0v) is 11.5. The van der Waals surface area contributed by atoms with Crippen molar-refractivity contribution >= 4 is 32.9 Å². The zero-order valence-electron chi connectivity index (χ0n) is 10.7. The van der Waals surface area contributed by atoms with Crippen molar-refractivity contribution in [1.82, 2.24) is 0 Å². The summed E-state index contributed by atoms with van der Waals surface area (Å²) in [7, 11) is -3.64. The van der Waals surface area contributed by atoms with Gasteiger partial charge in [-0.3, -0.25) is 0 Å². The van der Waals surface area contributed by atoms with Gasteiger partial charge in [0.05, 0.1) is 23.4 Å². The maximum Gasteiger partial charge on any atom is 0.345 e. The molecule has 0 aromatic heterocycles. The molecule has 0 bridgehead atoms. The van der Waals surface area contributed by atoms with Gasteiger partial charge in [-0.1, -0.05) is 18.2 Å². The fraction of sp³-hybridized carbons (Fsp3) is 0.143. The Kier molecular flexibility index (Phi) is 2.73. The van der Waals surface area contributed by atoms with Crippen LogP contribution in [0.1, 0.15) is 12.5 Å².